The molecular formula is C8H17NO5. The number of carboxylic acid groups (broad SMARTS) is 1. The van der Waals surface area contributed by atoms with Crippen molar-refractivity contribution in [3.8, 4) is 0 Å². The standard InChI is InChI=1S/C8H17NO5/c1-3-4-9(8(11)12)7(5-10)14-6-13-2/h7,10H,3-6H2,1-2H3,(H,11,12). The van der Waals surface area contributed by atoms with Crippen LogP contribution in [-0.4, -0.2) is 54.5 Å². The summed E-state index contributed by atoms with van der Waals surface area (Å²) < 4.78 is 9.62. The van der Waals surface area contributed by atoms with Gasteiger partial charge in [0.25, 0.3) is 0 Å². The highest BCUT2D eigenvalue weighted by atomic mass is 16.7. The second-order valence-corrected chi connectivity index (χ2v) is 2.69. The molecule has 6 nitrogen and oxygen atoms in total. The van der Waals surface area contributed by atoms with Gasteiger partial charge >= 0.3 is 6.09 Å². The highest BCUT2D eigenvalue weighted by Crippen LogP contribution is 2.03. The third-order valence-electron chi connectivity index (χ3n) is 1.59. The fourth-order valence-electron chi connectivity index (χ4n) is 0.992. The lowest BCUT2D eigenvalue weighted by Crippen LogP contribution is -2.44. The van der Waals surface area contributed by atoms with Crippen molar-refractivity contribution in [2.45, 2.75) is 19.6 Å². The van der Waals surface area contributed by atoms with Crippen LogP contribution < -0.4 is 0 Å². The summed E-state index contributed by atoms with van der Waals surface area (Å²) in [5.41, 5.74) is 0. The van der Waals surface area contributed by atoms with Gasteiger partial charge in [-0.1, -0.05) is 6.92 Å². The lowest BCUT2D eigenvalue weighted by Gasteiger charge is -2.27. The molecule has 0 aliphatic heterocycles. The van der Waals surface area contributed by atoms with Gasteiger partial charge in [0.05, 0.1) is 6.61 Å². The zero-order valence-electron chi connectivity index (χ0n) is 8.47. The summed E-state index contributed by atoms with van der Waals surface area (Å²) in [6, 6.07) is 0. The van der Waals surface area contributed by atoms with E-state index in [0.29, 0.717) is 13.0 Å². The number of carbonyl (C=O) groups is 1. The third-order valence-corrected chi connectivity index (χ3v) is 1.59. The molecule has 0 bridgehead atoms. The van der Waals surface area contributed by atoms with Crippen LogP contribution in [0.3, 0.4) is 0 Å². The van der Waals surface area contributed by atoms with Gasteiger partial charge in [-0.05, 0) is 6.42 Å². The SMILES string of the molecule is CCCN(C(=O)O)C(CO)OCOC. The number of amides is 1. The molecule has 2 N–H and O–H groups in total. The quantitative estimate of drug-likeness (QED) is 0.587. The van der Waals surface area contributed by atoms with Crippen LogP contribution in [0.1, 0.15) is 13.3 Å². The summed E-state index contributed by atoms with van der Waals surface area (Å²) in [6.07, 6.45) is -1.30. The van der Waals surface area contributed by atoms with Crippen molar-refractivity contribution >= 4 is 6.09 Å². The van der Waals surface area contributed by atoms with Crippen LogP contribution in [0.15, 0.2) is 0 Å². The number of rotatable bonds is 7. The number of ether oxygens (including phenoxy) is 2. The highest BCUT2D eigenvalue weighted by Gasteiger charge is 2.22. The minimum absolute atomic E-state index is 0.0429. The first-order valence-corrected chi connectivity index (χ1v) is 4.38. The molecule has 84 valence electrons. The molecule has 1 amide bonds. The van der Waals surface area contributed by atoms with E-state index in [1.54, 1.807) is 0 Å². The van der Waals surface area contributed by atoms with Gasteiger partial charge in [-0.3, -0.25) is 4.90 Å². The summed E-state index contributed by atoms with van der Waals surface area (Å²) in [5, 5.41) is 17.7. The Morgan fingerprint density at radius 1 is 1.57 bits per heavy atom. The predicted molar refractivity (Wildman–Crippen MR) is 48.9 cm³/mol. The summed E-state index contributed by atoms with van der Waals surface area (Å²) in [7, 11) is 1.43. The van der Waals surface area contributed by atoms with Gasteiger partial charge in [-0.25, -0.2) is 4.79 Å². The number of hydrogen-bond donors (Lipinski definition) is 2. The molecule has 0 spiro atoms. The van der Waals surface area contributed by atoms with E-state index in [9.17, 15) is 4.79 Å². The fourth-order valence-corrected chi connectivity index (χ4v) is 0.992. The lowest BCUT2D eigenvalue weighted by atomic mass is 10.4. The van der Waals surface area contributed by atoms with E-state index in [4.69, 9.17) is 14.9 Å². The van der Waals surface area contributed by atoms with Crippen LogP contribution in [0.2, 0.25) is 0 Å². The minimum Gasteiger partial charge on any atom is -0.465 e. The Labute approximate surface area is 83.0 Å². The molecule has 0 aromatic rings. The smallest absolute Gasteiger partial charge is 0.409 e. The molecule has 1 atom stereocenters. The van der Waals surface area contributed by atoms with E-state index in [-0.39, 0.29) is 13.4 Å². The van der Waals surface area contributed by atoms with Crippen LogP contribution >= 0.6 is 0 Å². The maximum Gasteiger partial charge on any atom is 0.409 e. The van der Waals surface area contributed by atoms with Crippen molar-refractivity contribution in [3.05, 3.63) is 0 Å². The molecule has 0 fully saturated rings. The van der Waals surface area contributed by atoms with Gasteiger partial charge in [-0.2, -0.15) is 0 Å². The van der Waals surface area contributed by atoms with Crippen molar-refractivity contribution in [2.24, 2.45) is 0 Å². The van der Waals surface area contributed by atoms with Gasteiger partial charge in [0.2, 0.25) is 0 Å². The maximum absolute atomic E-state index is 10.7. The molecule has 0 aromatic heterocycles. The number of methoxy groups -OCH3 is 1. The Balaban J connectivity index is 4.18. The fraction of sp³-hybridized carbons (Fsp3) is 0.875. The van der Waals surface area contributed by atoms with Gasteiger partial charge in [0.1, 0.15) is 6.79 Å². The largest absolute Gasteiger partial charge is 0.465 e. The van der Waals surface area contributed by atoms with Crippen LogP contribution in [0, 0.1) is 0 Å². The number of nitrogens with zero attached hydrogens (tertiary/aromatic N) is 1. The van der Waals surface area contributed by atoms with Gasteiger partial charge in [0, 0.05) is 13.7 Å². The molecule has 14 heavy (non-hydrogen) atoms. The summed E-state index contributed by atoms with van der Waals surface area (Å²) in [5.74, 6) is 0. The molecule has 0 aliphatic rings. The molecule has 6 heteroatoms. The molecule has 0 saturated heterocycles. The first-order chi connectivity index (χ1) is 6.67. The van der Waals surface area contributed by atoms with Crippen LogP contribution in [0.4, 0.5) is 4.79 Å². The molecular weight excluding hydrogens is 190 g/mol. The topological polar surface area (TPSA) is 79.2 Å². The van der Waals surface area contributed by atoms with Crippen molar-refractivity contribution in [1.29, 1.82) is 0 Å². The Hall–Kier alpha value is -0.850. The molecule has 0 rings (SSSR count). The van der Waals surface area contributed by atoms with Crippen molar-refractivity contribution < 1.29 is 24.5 Å². The third kappa shape index (κ3) is 4.40. The average molecular weight is 207 g/mol. The van der Waals surface area contributed by atoms with E-state index < -0.39 is 12.3 Å². The molecule has 0 radical (unpaired) electrons. The van der Waals surface area contributed by atoms with Crippen LogP contribution in [0.5, 0.6) is 0 Å². The number of aliphatic hydroxyl groups excluding tert-OH is 1. The zero-order chi connectivity index (χ0) is 11.0. The Morgan fingerprint density at radius 3 is 2.57 bits per heavy atom. The summed E-state index contributed by atoms with van der Waals surface area (Å²) in [6.45, 7) is 1.75. The first kappa shape index (κ1) is 13.2. The number of hydrogen-bond acceptors (Lipinski definition) is 4. The van der Waals surface area contributed by atoms with Crippen LogP contribution in [-0.2, 0) is 9.47 Å². The monoisotopic (exact) mass is 207 g/mol. The molecule has 1 unspecified atom stereocenters. The molecule has 0 aliphatic carbocycles. The Kier molecular flexibility index (Phi) is 7.09. The van der Waals surface area contributed by atoms with E-state index in [2.05, 4.69) is 4.74 Å². The second-order valence-electron chi connectivity index (χ2n) is 2.69. The van der Waals surface area contributed by atoms with Gasteiger partial charge in [-0.15, -0.1) is 0 Å². The van der Waals surface area contributed by atoms with Gasteiger partial charge in [0.15, 0.2) is 6.23 Å². The predicted octanol–water partition coefficient (Wildman–Crippen LogP) is 0.315. The van der Waals surface area contributed by atoms with Crippen molar-refractivity contribution in [1.82, 2.24) is 4.90 Å². The van der Waals surface area contributed by atoms with Crippen LogP contribution in [0.25, 0.3) is 0 Å². The molecule has 0 saturated carbocycles. The van der Waals surface area contributed by atoms with E-state index in [1.165, 1.54) is 7.11 Å². The summed E-state index contributed by atoms with van der Waals surface area (Å²) in [4.78, 5) is 11.8. The van der Waals surface area contributed by atoms with Crippen molar-refractivity contribution in [3.63, 3.8) is 0 Å². The second kappa shape index (κ2) is 7.54. The Bertz CT molecular complexity index is 164. The Morgan fingerprint density at radius 2 is 2.21 bits per heavy atom. The molecule has 0 heterocycles. The lowest BCUT2D eigenvalue weighted by molar-refractivity contribution is -0.138. The van der Waals surface area contributed by atoms with E-state index >= 15 is 0 Å². The maximum atomic E-state index is 10.7. The number of aliphatic hydroxyl groups is 1. The van der Waals surface area contributed by atoms with Gasteiger partial charge < -0.3 is 19.7 Å². The van der Waals surface area contributed by atoms with E-state index in [0.717, 1.165) is 4.90 Å². The summed E-state index contributed by atoms with van der Waals surface area (Å²) >= 11 is 0. The normalized spacial score (nSPS) is 12.5. The minimum atomic E-state index is -1.11. The van der Waals surface area contributed by atoms with E-state index in [1.807, 2.05) is 6.92 Å². The average Bonchev–Trinajstić information content (AvgIpc) is 2.17. The highest BCUT2D eigenvalue weighted by molar-refractivity contribution is 5.65. The van der Waals surface area contributed by atoms with Crippen molar-refractivity contribution in [2.75, 3.05) is 27.1 Å². The first-order valence-electron chi connectivity index (χ1n) is 4.38. The zero-order valence-corrected chi connectivity index (χ0v) is 8.47. The molecule has 0 aromatic carbocycles.